The predicted octanol–water partition coefficient (Wildman–Crippen LogP) is 3.20. The van der Waals surface area contributed by atoms with Crippen molar-refractivity contribution in [3.63, 3.8) is 0 Å². The molecule has 3 heteroatoms. The molecule has 0 bridgehead atoms. The Morgan fingerprint density at radius 3 is 3.00 bits per heavy atom. The summed E-state index contributed by atoms with van der Waals surface area (Å²) in [6, 6.07) is 8.56. The standard InChI is InChI=1S/C11H14BrNS/c12-10-3-1-2-8(6-10)11(13)9-4-5-14-7-9/h1-3,6,9,11H,4-5,7,13H2. The summed E-state index contributed by atoms with van der Waals surface area (Å²) in [5, 5.41) is 0. The van der Waals surface area contributed by atoms with E-state index in [1.54, 1.807) is 0 Å². The molecular formula is C11H14BrNS. The summed E-state index contributed by atoms with van der Waals surface area (Å²) in [6.07, 6.45) is 1.26. The Kier molecular flexibility index (Phi) is 3.52. The van der Waals surface area contributed by atoms with Crippen molar-refractivity contribution in [3.05, 3.63) is 34.3 Å². The van der Waals surface area contributed by atoms with Gasteiger partial charge in [0, 0.05) is 10.5 Å². The predicted molar refractivity (Wildman–Crippen MR) is 66.5 cm³/mol. The maximum atomic E-state index is 6.24. The van der Waals surface area contributed by atoms with E-state index in [-0.39, 0.29) is 6.04 Å². The lowest BCUT2D eigenvalue weighted by atomic mass is 9.93. The fourth-order valence-corrected chi connectivity index (χ4v) is 3.55. The fourth-order valence-electron chi connectivity index (χ4n) is 1.82. The quantitative estimate of drug-likeness (QED) is 0.894. The van der Waals surface area contributed by atoms with Gasteiger partial charge >= 0.3 is 0 Å². The second kappa shape index (κ2) is 4.69. The van der Waals surface area contributed by atoms with E-state index >= 15 is 0 Å². The number of rotatable bonds is 2. The SMILES string of the molecule is NC(c1cccc(Br)c1)C1CCSC1. The van der Waals surface area contributed by atoms with Crippen LogP contribution in [0.15, 0.2) is 28.7 Å². The number of benzene rings is 1. The second-order valence-electron chi connectivity index (χ2n) is 3.70. The third-order valence-corrected chi connectivity index (χ3v) is 4.39. The maximum Gasteiger partial charge on any atom is 0.0332 e. The van der Waals surface area contributed by atoms with E-state index in [2.05, 4.69) is 34.1 Å². The number of halogens is 1. The minimum absolute atomic E-state index is 0.211. The highest BCUT2D eigenvalue weighted by Crippen LogP contribution is 2.33. The van der Waals surface area contributed by atoms with Crippen molar-refractivity contribution in [2.45, 2.75) is 12.5 Å². The molecular weight excluding hydrogens is 258 g/mol. The number of nitrogens with two attached hydrogens (primary N) is 1. The fraction of sp³-hybridized carbons (Fsp3) is 0.455. The molecule has 1 heterocycles. The van der Waals surface area contributed by atoms with Crippen LogP contribution in [0.5, 0.6) is 0 Å². The van der Waals surface area contributed by atoms with Gasteiger partial charge in [0.25, 0.3) is 0 Å². The van der Waals surface area contributed by atoms with Crippen LogP contribution in [-0.4, -0.2) is 11.5 Å². The molecule has 0 radical (unpaired) electrons. The summed E-state index contributed by atoms with van der Waals surface area (Å²) in [5.41, 5.74) is 7.49. The third kappa shape index (κ3) is 2.33. The molecule has 1 aromatic carbocycles. The first kappa shape index (κ1) is 10.5. The number of hydrogen-bond acceptors (Lipinski definition) is 2. The van der Waals surface area contributed by atoms with E-state index < -0.39 is 0 Å². The molecule has 0 aromatic heterocycles. The molecule has 1 aromatic rings. The molecule has 0 spiro atoms. The smallest absolute Gasteiger partial charge is 0.0332 e. The first-order chi connectivity index (χ1) is 6.77. The average Bonchev–Trinajstić information content (AvgIpc) is 2.69. The van der Waals surface area contributed by atoms with Gasteiger partial charge in [-0.15, -0.1) is 0 Å². The molecule has 1 aliphatic rings. The molecule has 0 amide bonds. The number of hydrogen-bond donors (Lipinski definition) is 1. The monoisotopic (exact) mass is 271 g/mol. The first-order valence-corrected chi connectivity index (χ1v) is 6.81. The molecule has 1 aliphatic heterocycles. The van der Waals surface area contributed by atoms with E-state index in [0.717, 1.165) is 4.47 Å². The summed E-state index contributed by atoms with van der Waals surface area (Å²) in [6.45, 7) is 0. The minimum atomic E-state index is 0.211. The number of thioether (sulfide) groups is 1. The van der Waals surface area contributed by atoms with E-state index in [1.807, 2.05) is 17.8 Å². The van der Waals surface area contributed by atoms with Crippen LogP contribution in [0.2, 0.25) is 0 Å². The van der Waals surface area contributed by atoms with Gasteiger partial charge in [0.1, 0.15) is 0 Å². The lowest BCUT2D eigenvalue weighted by molar-refractivity contribution is 0.482. The van der Waals surface area contributed by atoms with Crippen LogP contribution in [0.1, 0.15) is 18.0 Å². The van der Waals surface area contributed by atoms with E-state index in [9.17, 15) is 0 Å². The Morgan fingerprint density at radius 2 is 2.36 bits per heavy atom. The van der Waals surface area contributed by atoms with Gasteiger partial charge in [0.05, 0.1) is 0 Å². The zero-order valence-electron chi connectivity index (χ0n) is 7.95. The van der Waals surface area contributed by atoms with Crippen LogP contribution >= 0.6 is 27.7 Å². The Labute approximate surface area is 97.6 Å². The molecule has 1 fully saturated rings. The molecule has 2 unspecified atom stereocenters. The molecule has 1 nitrogen and oxygen atoms in total. The highest BCUT2D eigenvalue weighted by Gasteiger charge is 2.23. The van der Waals surface area contributed by atoms with E-state index in [4.69, 9.17) is 5.73 Å². The second-order valence-corrected chi connectivity index (χ2v) is 5.77. The summed E-state index contributed by atoms with van der Waals surface area (Å²) in [5.74, 6) is 3.15. The van der Waals surface area contributed by atoms with E-state index in [1.165, 1.54) is 23.5 Å². The highest BCUT2D eigenvalue weighted by atomic mass is 79.9. The largest absolute Gasteiger partial charge is 0.324 e. The molecule has 76 valence electrons. The van der Waals surface area contributed by atoms with Gasteiger partial charge in [0.2, 0.25) is 0 Å². The zero-order chi connectivity index (χ0) is 9.97. The van der Waals surface area contributed by atoms with Crippen molar-refractivity contribution in [2.24, 2.45) is 11.7 Å². The Hall–Kier alpha value is 0.01000. The van der Waals surface area contributed by atoms with Crippen LogP contribution in [0, 0.1) is 5.92 Å². The third-order valence-electron chi connectivity index (χ3n) is 2.71. The lowest BCUT2D eigenvalue weighted by Gasteiger charge is -2.18. The van der Waals surface area contributed by atoms with Crippen molar-refractivity contribution < 1.29 is 0 Å². The van der Waals surface area contributed by atoms with Crippen LogP contribution < -0.4 is 5.73 Å². The average molecular weight is 272 g/mol. The van der Waals surface area contributed by atoms with Crippen LogP contribution in [-0.2, 0) is 0 Å². The van der Waals surface area contributed by atoms with Crippen molar-refractivity contribution in [2.75, 3.05) is 11.5 Å². The molecule has 14 heavy (non-hydrogen) atoms. The summed E-state index contributed by atoms with van der Waals surface area (Å²) in [7, 11) is 0. The molecule has 0 aliphatic carbocycles. The van der Waals surface area contributed by atoms with Crippen LogP contribution in [0.3, 0.4) is 0 Å². The van der Waals surface area contributed by atoms with Crippen LogP contribution in [0.25, 0.3) is 0 Å². The van der Waals surface area contributed by atoms with Crippen molar-refractivity contribution >= 4 is 27.7 Å². The lowest BCUT2D eigenvalue weighted by Crippen LogP contribution is -2.20. The Balaban J connectivity index is 2.13. The van der Waals surface area contributed by atoms with Crippen molar-refractivity contribution in [1.29, 1.82) is 0 Å². The molecule has 0 saturated carbocycles. The molecule has 2 rings (SSSR count). The summed E-state index contributed by atoms with van der Waals surface area (Å²) >= 11 is 5.50. The van der Waals surface area contributed by atoms with Gasteiger partial charge in [-0.2, -0.15) is 11.8 Å². The van der Waals surface area contributed by atoms with Gasteiger partial charge in [-0.3, -0.25) is 0 Å². The topological polar surface area (TPSA) is 26.0 Å². The van der Waals surface area contributed by atoms with Crippen LogP contribution in [0.4, 0.5) is 0 Å². The zero-order valence-corrected chi connectivity index (χ0v) is 10.4. The van der Waals surface area contributed by atoms with Gasteiger partial charge in [-0.1, -0.05) is 28.1 Å². The molecule has 2 N–H and O–H groups in total. The summed E-state index contributed by atoms with van der Waals surface area (Å²) < 4.78 is 1.12. The van der Waals surface area contributed by atoms with Gasteiger partial charge in [-0.25, -0.2) is 0 Å². The Morgan fingerprint density at radius 1 is 1.50 bits per heavy atom. The molecule has 2 atom stereocenters. The highest BCUT2D eigenvalue weighted by molar-refractivity contribution is 9.10. The molecule has 1 saturated heterocycles. The first-order valence-electron chi connectivity index (χ1n) is 4.86. The van der Waals surface area contributed by atoms with Gasteiger partial charge < -0.3 is 5.73 Å². The van der Waals surface area contributed by atoms with Crippen molar-refractivity contribution in [3.8, 4) is 0 Å². The summed E-state index contributed by atoms with van der Waals surface area (Å²) in [4.78, 5) is 0. The Bertz CT molecular complexity index is 310. The van der Waals surface area contributed by atoms with Crippen molar-refractivity contribution in [1.82, 2.24) is 0 Å². The maximum absolute atomic E-state index is 6.24. The van der Waals surface area contributed by atoms with Gasteiger partial charge in [-0.05, 0) is 41.5 Å². The normalized spacial score (nSPS) is 23.7. The van der Waals surface area contributed by atoms with E-state index in [0.29, 0.717) is 5.92 Å². The van der Waals surface area contributed by atoms with Gasteiger partial charge in [0.15, 0.2) is 0 Å². The minimum Gasteiger partial charge on any atom is -0.324 e.